The third-order valence-electron chi connectivity index (χ3n) is 6.71. The molecular formula is C25H34N6O2. The van der Waals surface area contributed by atoms with E-state index in [2.05, 4.69) is 25.5 Å². The van der Waals surface area contributed by atoms with Crippen LogP contribution >= 0.6 is 0 Å². The van der Waals surface area contributed by atoms with Gasteiger partial charge in [-0.2, -0.15) is 0 Å². The zero-order valence-electron chi connectivity index (χ0n) is 19.8. The van der Waals surface area contributed by atoms with Crippen molar-refractivity contribution in [2.45, 2.75) is 50.6 Å². The zero-order chi connectivity index (χ0) is 23.4. The van der Waals surface area contributed by atoms with Crippen molar-refractivity contribution >= 4 is 17.8 Å². The first-order valence-corrected chi connectivity index (χ1v) is 11.8. The molecule has 176 valence electrons. The normalized spacial score (nSPS) is 21.2. The molecule has 2 N–H and O–H groups in total. The van der Waals surface area contributed by atoms with Gasteiger partial charge in [-0.05, 0) is 56.2 Å². The predicted molar refractivity (Wildman–Crippen MR) is 128 cm³/mol. The number of carbonyl (C=O) groups is 2. The van der Waals surface area contributed by atoms with Crippen LogP contribution in [0.15, 0.2) is 36.7 Å². The smallest absolute Gasteiger partial charge is 0.251 e. The molecular weight excluding hydrogens is 416 g/mol. The van der Waals surface area contributed by atoms with Gasteiger partial charge in [-0.1, -0.05) is 17.7 Å². The number of likely N-dealkylation sites (tertiary alicyclic amines) is 1. The average Bonchev–Trinajstić information content (AvgIpc) is 2.80. The van der Waals surface area contributed by atoms with Crippen LogP contribution in [-0.4, -0.2) is 72.5 Å². The van der Waals surface area contributed by atoms with Gasteiger partial charge in [-0.3, -0.25) is 14.5 Å². The van der Waals surface area contributed by atoms with E-state index in [1.807, 2.05) is 56.5 Å². The van der Waals surface area contributed by atoms with Gasteiger partial charge in [0.15, 0.2) is 0 Å². The summed E-state index contributed by atoms with van der Waals surface area (Å²) in [5.41, 5.74) is 2.83. The monoisotopic (exact) mass is 450 g/mol. The molecule has 1 aliphatic heterocycles. The van der Waals surface area contributed by atoms with Crippen LogP contribution in [0.4, 0.5) is 5.95 Å². The highest BCUT2D eigenvalue weighted by Gasteiger charge is 2.35. The molecule has 2 fully saturated rings. The molecule has 0 unspecified atom stereocenters. The minimum Gasteiger partial charge on any atom is -0.349 e. The Morgan fingerprint density at radius 1 is 1.09 bits per heavy atom. The van der Waals surface area contributed by atoms with Crippen molar-refractivity contribution in [2.24, 2.45) is 0 Å². The maximum absolute atomic E-state index is 12.2. The second kappa shape index (κ2) is 10.3. The number of carbonyl (C=O) groups excluding carboxylic acids is 2. The van der Waals surface area contributed by atoms with Crippen LogP contribution in [0, 0.1) is 6.92 Å². The fraction of sp³-hybridized carbons (Fsp3) is 0.520. The molecule has 2 amide bonds. The van der Waals surface area contributed by atoms with E-state index in [1.165, 1.54) is 5.56 Å². The molecule has 4 rings (SSSR count). The number of nitrogens with one attached hydrogen (secondary N) is 2. The largest absolute Gasteiger partial charge is 0.349 e. The molecule has 33 heavy (non-hydrogen) atoms. The Hall–Kier alpha value is -3.00. The molecule has 8 nitrogen and oxygen atoms in total. The number of anilines is 1. The molecule has 1 aliphatic carbocycles. The number of hydrogen-bond acceptors (Lipinski definition) is 6. The molecule has 1 saturated carbocycles. The minimum atomic E-state index is -0.220. The molecule has 1 aromatic heterocycles. The van der Waals surface area contributed by atoms with Crippen molar-refractivity contribution in [3.8, 4) is 0 Å². The third kappa shape index (κ3) is 5.87. The molecule has 0 atom stereocenters. The summed E-state index contributed by atoms with van der Waals surface area (Å²) < 4.78 is 0. The zero-order valence-corrected chi connectivity index (χ0v) is 19.8. The topological polar surface area (TPSA) is 90.5 Å². The maximum atomic E-state index is 12.2. The van der Waals surface area contributed by atoms with Gasteiger partial charge in [0.25, 0.3) is 5.91 Å². The molecule has 0 bridgehead atoms. The number of rotatable bonds is 7. The molecule has 0 radical (unpaired) electrons. The van der Waals surface area contributed by atoms with Crippen molar-refractivity contribution in [3.63, 3.8) is 0 Å². The van der Waals surface area contributed by atoms with Crippen molar-refractivity contribution in [3.05, 3.63) is 53.3 Å². The fourth-order valence-corrected chi connectivity index (χ4v) is 4.78. The Kier molecular flexibility index (Phi) is 7.23. The van der Waals surface area contributed by atoms with E-state index < -0.39 is 0 Å². The number of hydrogen-bond donors (Lipinski definition) is 2. The second-order valence-electron chi connectivity index (χ2n) is 9.49. The number of nitrogens with zero attached hydrogens (tertiary/aromatic N) is 4. The second-order valence-corrected chi connectivity index (χ2v) is 9.49. The highest BCUT2D eigenvalue weighted by Crippen LogP contribution is 2.35. The SMILES string of the molecule is Cc1cccc(C(=O)NCC(=O)NC2CN(C3CCC(c4cnc(N(C)C)nc4)CC3)C2)c1. The lowest BCUT2D eigenvalue weighted by Gasteiger charge is -2.46. The van der Waals surface area contributed by atoms with E-state index in [9.17, 15) is 9.59 Å². The van der Waals surface area contributed by atoms with E-state index in [1.54, 1.807) is 6.07 Å². The molecule has 2 aromatic rings. The molecule has 0 spiro atoms. The first-order valence-electron chi connectivity index (χ1n) is 11.8. The van der Waals surface area contributed by atoms with Crippen LogP contribution < -0.4 is 15.5 Å². The minimum absolute atomic E-state index is 0.00304. The van der Waals surface area contributed by atoms with Crippen molar-refractivity contribution in [1.82, 2.24) is 25.5 Å². The van der Waals surface area contributed by atoms with E-state index in [0.29, 0.717) is 17.5 Å². The van der Waals surface area contributed by atoms with Crippen LogP contribution in [-0.2, 0) is 4.79 Å². The third-order valence-corrected chi connectivity index (χ3v) is 6.71. The number of aryl methyl sites for hydroxylation is 1. The summed E-state index contributed by atoms with van der Waals surface area (Å²) in [6.45, 7) is 3.71. The summed E-state index contributed by atoms with van der Waals surface area (Å²) in [7, 11) is 3.90. The van der Waals surface area contributed by atoms with Crippen LogP contribution in [0.3, 0.4) is 0 Å². The van der Waals surface area contributed by atoms with E-state index in [-0.39, 0.29) is 24.4 Å². The lowest BCUT2D eigenvalue weighted by Crippen LogP contribution is -2.63. The quantitative estimate of drug-likeness (QED) is 0.672. The van der Waals surface area contributed by atoms with E-state index in [0.717, 1.165) is 50.3 Å². The summed E-state index contributed by atoms with van der Waals surface area (Å²) >= 11 is 0. The van der Waals surface area contributed by atoms with Crippen LogP contribution in [0.5, 0.6) is 0 Å². The molecule has 1 aromatic carbocycles. The Morgan fingerprint density at radius 2 is 1.79 bits per heavy atom. The molecule has 2 heterocycles. The summed E-state index contributed by atoms with van der Waals surface area (Å²) in [6, 6.07) is 8.10. The van der Waals surface area contributed by atoms with Crippen LogP contribution in [0.25, 0.3) is 0 Å². The molecule has 1 saturated heterocycles. The lowest BCUT2D eigenvalue weighted by atomic mass is 9.81. The van der Waals surface area contributed by atoms with Crippen LogP contribution in [0.2, 0.25) is 0 Å². The Labute approximate surface area is 195 Å². The van der Waals surface area contributed by atoms with Gasteiger partial charge in [0.05, 0.1) is 12.6 Å². The highest BCUT2D eigenvalue weighted by molar-refractivity contribution is 5.96. The molecule has 2 aliphatic rings. The first-order chi connectivity index (χ1) is 15.9. The number of benzene rings is 1. The summed E-state index contributed by atoms with van der Waals surface area (Å²) in [5, 5.41) is 5.74. The van der Waals surface area contributed by atoms with Crippen molar-refractivity contribution < 1.29 is 9.59 Å². The van der Waals surface area contributed by atoms with Crippen LogP contribution in [0.1, 0.15) is 53.1 Å². The standard InChI is InChI=1S/C25H34N6O2/c1-17-5-4-6-19(11-17)24(33)26-14-23(32)29-21-15-31(16-21)22-9-7-18(8-10-22)20-12-27-25(28-13-20)30(2)3/h4-6,11-13,18,21-22H,7-10,14-16H2,1-3H3,(H,26,33)(H,29,32). The Bertz CT molecular complexity index is 963. The first kappa shape index (κ1) is 23.2. The van der Waals surface area contributed by atoms with Gasteiger partial charge in [0.1, 0.15) is 0 Å². The van der Waals surface area contributed by atoms with Gasteiger partial charge >= 0.3 is 0 Å². The highest BCUT2D eigenvalue weighted by atomic mass is 16.2. The Morgan fingerprint density at radius 3 is 2.42 bits per heavy atom. The van der Waals surface area contributed by atoms with Gasteiger partial charge < -0.3 is 15.5 Å². The average molecular weight is 451 g/mol. The summed E-state index contributed by atoms with van der Waals surface area (Å²) in [6.07, 6.45) is 8.56. The number of amides is 2. The fourth-order valence-electron chi connectivity index (χ4n) is 4.78. The maximum Gasteiger partial charge on any atom is 0.251 e. The van der Waals surface area contributed by atoms with Crippen molar-refractivity contribution in [2.75, 3.05) is 38.6 Å². The van der Waals surface area contributed by atoms with Crippen molar-refractivity contribution in [1.29, 1.82) is 0 Å². The van der Waals surface area contributed by atoms with Gasteiger partial charge in [-0.15, -0.1) is 0 Å². The van der Waals surface area contributed by atoms with Gasteiger partial charge in [0.2, 0.25) is 11.9 Å². The predicted octanol–water partition coefficient (Wildman–Crippen LogP) is 2.11. The Balaban J connectivity index is 1.14. The lowest BCUT2D eigenvalue weighted by molar-refractivity contribution is -0.122. The molecule has 8 heteroatoms. The van der Waals surface area contributed by atoms with E-state index in [4.69, 9.17) is 0 Å². The number of aromatic nitrogens is 2. The summed E-state index contributed by atoms with van der Waals surface area (Å²) in [5.74, 6) is 0.926. The van der Waals surface area contributed by atoms with E-state index >= 15 is 0 Å². The van der Waals surface area contributed by atoms with Gasteiger partial charge in [-0.25, -0.2) is 9.97 Å². The van der Waals surface area contributed by atoms with Gasteiger partial charge in [0, 0.05) is 51.2 Å². The summed E-state index contributed by atoms with van der Waals surface area (Å²) in [4.78, 5) is 37.7.